The highest BCUT2D eigenvalue weighted by Crippen LogP contribution is 2.25. The lowest BCUT2D eigenvalue weighted by Crippen LogP contribution is -2.45. The van der Waals surface area contributed by atoms with Gasteiger partial charge in [0.05, 0.1) is 17.2 Å². The molecule has 1 saturated heterocycles. The van der Waals surface area contributed by atoms with Crippen molar-refractivity contribution < 1.29 is 9.53 Å². The Morgan fingerprint density at radius 1 is 1.35 bits per heavy atom. The molecule has 3 nitrogen and oxygen atoms in total. The molecule has 0 saturated carbocycles. The molecule has 0 amide bonds. The molecule has 4 heteroatoms. The topological polar surface area (TPSA) is 29.5 Å². The first-order chi connectivity index (χ1) is 8.10. The van der Waals surface area contributed by atoms with Crippen LogP contribution in [0.3, 0.4) is 0 Å². The third-order valence-corrected chi connectivity index (χ3v) is 3.22. The molecule has 0 aliphatic carbocycles. The largest absolute Gasteiger partial charge is 0.372 e. The van der Waals surface area contributed by atoms with Crippen molar-refractivity contribution in [2.24, 2.45) is 0 Å². The quantitative estimate of drug-likeness (QED) is 0.759. The second-order valence-corrected chi connectivity index (χ2v) is 4.89. The van der Waals surface area contributed by atoms with E-state index in [1.807, 2.05) is 12.1 Å². The highest BCUT2D eigenvalue weighted by molar-refractivity contribution is 6.33. The van der Waals surface area contributed by atoms with Crippen LogP contribution < -0.4 is 4.90 Å². The van der Waals surface area contributed by atoms with E-state index in [9.17, 15) is 4.79 Å². The first-order valence-electron chi connectivity index (χ1n) is 5.75. The second-order valence-electron chi connectivity index (χ2n) is 4.49. The van der Waals surface area contributed by atoms with Gasteiger partial charge < -0.3 is 9.64 Å². The smallest absolute Gasteiger partial charge is 0.151 e. The van der Waals surface area contributed by atoms with Gasteiger partial charge in [-0.25, -0.2) is 0 Å². The molecule has 1 aromatic carbocycles. The molecule has 0 bridgehead atoms. The summed E-state index contributed by atoms with van der Waals surface area (Å²) < 4.78 is 5.68. The number of carbonyl (C=O) groups is 1. The minimum atomic E-state index is 0.211. The Balaban J connectivity index is 2.21. The first kappa shape index (κ1) is 12.4. The Hall–Kier alpha value is -1.06. The Bertz CT molecular complexity index is 412. The molecule has 1 aliphatic rings. The van der Waals surface area contributed by atoms with Crippen molar-refractivity contribution >= 4 is 23.6 Å². The predicted octanol–water partition coefficient (Wildman–Crippen LogP) is 2.77. The number of morpholine rings is 1. The number of anilines is 1. The van der Waals surface area contributed by atoms with Gasteiger partial charge in [-0.15, -0.1) is 0 Å². The number of hydrogen-bond acceptors (Lipinski definition) is 3. The maximum atomic E-state index is 10.7. The highest BCUT2D eigenvalue weighted by atomic mass is 35.5. The van der Waals surface area contributed by atoms with E-state index in [1.165, 1.54) is 0 Å². The number of aldehydes is 1. The molecule has 0 N–H and O–H groups in total. The average molecular weight is 254 g/mol. The molecule has 1 aromatic rings. The third kappa shape index (κ3) is 2.79. The van der Waals surface area contributed by atoms with Gasteiger partial charge in [0.15, 0.2) is 6.29 Å². The zero-order valence-corrected chi connectivity index (χ0v) is 10.8. The van der Waals surface area contributed by atoms with Crippen molar-refractivity contribution in [1.82, 2.24) is 0 Å². The number of rotatable bonds is 2. The summed E-state index contributed by atoms with van der Waals surface area (Å²) in [4.78, 5) is 12.9. The molecule has 0 spiro atoms. The lowest BCUT2D eigenvalue weighted by molar-refractivity contribution is -0.00521. The highest BCUT2D eigenvalue weighted by Gasteiger charge is 2.22. The van der Waals surface area contributed by atoms with Gasteiger partial charge in [0.1, 0.15) is 0 Å². The van der Waals surface area contributed by atoms with Crippen molar-refractivity contribution in [3.63, 3.8) is 0 Å². The van der Waals surface area contributed by atoms with Gasteiger partial charge in [-0.1, -0.05) is 11.6 Å². The Morgan fingerprint density at radius 2 is 2.00 bits per heavy atom. The van der Waals surface area contributed by atoms with Crippen LogP contribution >= 0.6 is 11.6 Å². The molecular weight excluding hydrogens is 238 g/mol. The number of ether oxygens (including phenoxy) is 1. The van der Waals surface area contributed by atoms with E-state index in [1.54, 1.807) is 6.07 Å². The van der Waals surface area contributed by atoms with Crippen molar-refractivity contribution in [3.8, 4) is 0 Å². The number of halogens is 1. The van der Waals surface area contributed by atoms with Crippen LogP contribution in [0.5, 0.6) is 0 Å². The number of benzene rings is 1. The van der Waals surface area contributed by atoms with Crippen molar-refractivity contribution in [3.05, 3.63) is 28.8 Å². The zero-order chi connectivity index (χ0) is 12.4. The molecule has 2 atom stereocenters. The van der Waals surface area contributed by atoms with Gasteiger partial charge >= 0.3 is 0 Å². The summed E-state index contributed by atoms with van der Waals surface area (Å²) in [6.07, 6.45) is 1.20. The fourth-order valence-corrected chi connectivity index (χ4v) is 2.42. The molecule has 1 heterocycles. The molecule has 17 heavy (non-hydrogen) atoms. The molecule has 92 valence electrons. The second kappa shape index (κ2) is 5.07. The van der Waals surface area contributed by atoms with E-state index in [0.717, 1.165) is 25.1 Å². The van der Waals surface area contributed by atoms with Gasteiger partial charge in [0.2, 0.25) is 0 Å². The minimum Gasteiger partial charge on any atom is -0.372 e. The number of hydrogen-bond donors (Lipinski definition) is 0. The van der Waals surface area contributed by atoms with Crippen LogP contribution in [0.15, 0.2) is 18.2 Å². The fourth-order valence-electron chi connectivity index (χ4n) is 2.20. The third-order valence-electron chi connectivity index (χ3n) is 2.90. The molecule has 1 aliphatic heterocycles. The van der Waals surface area contributed by atoms with Gasteiger partial charge in [0.25, 0.3) is 0 Å². The van der Waals surface area contributed by atoms with E-state index in [4.69, 9.17) is 16.3 Å². The predicted molar refractivity (Wildman–Crippen MR) is 69.1 cm³/mol. The molecule has 1 fully saturated rings. The Kier molecular flexibility index (Phi) is 3.69. The van der Waals surface area contributed by atoms with Crippen LogP contribution in [0, 0.1) is 0 Å². The summed E-state index contributed by atoms with van der Waals surface area (Å²) in [6, 6.07) is 5.53. The summed E-state index contributed by atoms with van der Waals surface area (Å²) in [6.45, 7) is 5.82. The summed E-state index contributed by atoms with van der Waals surface area (Å²) in [5, 5.41) is 0.504. The summed E-state index contributed by atoms with van der Waals surface area (Å²) in [7, 11) is 0. The average Bonchev–Trinajstić information content (AvgIpc) is 2.27. The van der Waals surface area contributed by atoms with Crippen LogP contribution in [-0.4, -0.2) is 31.6 Å². The van der Waals surface area contributed by atoms with Crippen molar-refractivity contribution in [2.45, 2.75) is 26.1 Å². The molecular formula is C13H16ClNO2. The van der Waals surface area contributed by atoms with E-state index < -0.39 is 0 Å². The fraction of sp³-hybridized carbons (Fsp3) is 0.462. The monoisotopic (exact) mass is 253 g/mol. The first-order valence-corrected chi connectivity index (χ1v) is 6.13. The van der Waals surface area contributed by atoms with Gasteiger partial charge in [0, 0.05) is 24.3 Å². The van der Waals surface area contributed by atoms with E-state index >= 15 is 0 Å². The maximum absolute atomic E-state index is 10.7. The molecule has 0 radical (unpaired) electrons. The normalized spacial score (nSPS) is 24.8. The summed E-state index contributed by atoms with van der Waals surface area (Å²) in [5.41, 5.74) is 1.58. The summed E-state index contributed by atoms with van der Waals surface area (Å²) in [5.74, 6) is 0. The van der Waals surface area contributed by atoms with Gasteiger partial charge in [-0.05, 0) is 32.0 Å². The van der Waals surface area contributed by atoms with Crippen LogP contribution in [-0.2, 0) is 4.74 Å². The maximum Gasteiger partial charge on any atom is 0.151 e. The van der Waals surface area contributed by atoms with Gasteiger partial charge in [-0.3, -0.25) is 4.79 Å². The van der Waals surface area contributed by atoms with Crippen LogP contribution in [0.4, 0.5) is 5.69 Å². The van der Waals surface area contributed by atoms with Crippen LogP contribution in [0.25, 0.3) is 0 Å². The zero-order valence-electron chi connectivity index (χ0n) is 10.0. The van der Waals surface area contributed by atoms with Crippen LogP contribution in [0.2, 0.25) is 5.02 Å². The summed E-state index contributed by atoms with van der Waals surface area (Å²) >= 11 is 6.03. The lowest BCUT2D eigenvalue weighted by atomic mass is 10.1. The molecule has 0 aromatic heterocycles. The van der Waals surface area contributed by atoms with Crippen molar-refractivity contribution in [1.29, 1.82) is 0 Å². The van der Waals surface area contributed by atoms with Crippen molar-refractivity contribution in [2.75, 3.05) is 18.0 Å². The molecule has 2 rings (SSSR count). The minimum absolute atomic E-state index is 0.211. The van der Waals surface area contributed by atoms with Gasteiger partial charge in [-0.2, -0.15) is 0 Å². The van der Waals surface area contributed by atoms with E-state index in [-0.39, 0.29) is 12.2 Å². The molecule has 0 unspecified atom stereocenters. The van der Waals surface area contributed by atoms with E-state index in [0.29, 0.717) is 10.6 Å². The Labute approximate surface area is 106 Å². The number of carbonyl (C=O) groups excluding carboxylic acids is 1. The Morgan fingerprint density at radius 3 is 2.53 bits per heavy atom. The SMILES string of the molecule is C[C@@H]1CN(c2ccc(C=O)c(Cl)c2)C[C@H](C)O1. The standard InChI is InChI=1S/C13H16ClNO2/c1-9-6-15(7-10(2)17-9)12-4-3-11(8-16)13(14)5-12/h3-5,8-10H,6-7H2,1-2H3/t9-,10+. The lowest BCUT2D eigenvalue weighted by Gasteiger charge is -2.37. The number of nitrogens with zero attached hydrogens (tertiary/aromatic N) is 1. The van der Waals surface area contributed by atoms with E-state index in [2.05, 4.69) is 18.7 Å². The van der Waals surface area contributed by atoms with Crippen LogP contribution in [0.1, 0.15) is 24.2 Å².